The van der Waals surface area contributed by atoms with Crippen LogP contribution in [0, 0.1) is 5.92 Å². The van der Waals surface area contributed by atoms with E-state index >= 15 is 0 Å². The van der Waals surface area contributed by atoms with Gasteiger partial charge < -0.3 is 9.64 Å². The highest BCUT2D eigenvalue weighted by atomic mass is 16.5. The molecule has 2 aliphatic rings. The average Bonchev–Trinajstić information content (AvgIpc) is 2.67. The monoisotopic (exact) mass is 268 g/mol. The van der Waals surface area contributed by atoms with Crippen LogP contribution in [0.5, 0.6) is 0 Å². The fraction of sp³-hybridized carbons (Fsp3) is 0.933. The number of amides is 1. The minimum absolute atomic E-state index is 0.0238. The number of rotatable bonds is 5. The Bertz CT molecular complexity index is 301. The van der Waals surface area contributed by atoms with Gasteiger partial charge in [0.05, 0.1) is 24.9 Å². The lowest BCUT2D eigenvalue weighted by molar-refractivity contribution is -0.135. The summed E-state index contributed by atoms with van der Waals surface area (Å²) in [6, 6.07) is 0.301. The fourth-order valence-electron chi connectivity index (χ4n) is 3.22. The first-order chi connectivity index (χ1) is 9.13. The van der Waals surface area contributed by atoms with Gasteiger partial charge >= 0.3 is 0 Å². The molecular formula is C15H28N2O2. The van der Waals surface area contributed by atoms with Crippen LogP contribution in [-0.2, 0) is 9.53 Å². The molecule has 0 aromatic heterocycles. The van der Waals surface area contributed by atoms with Crippen LogP contribution >= 0.6 is 0 Å². The Morgan fingerprint density at radius 3 is 2.84 bits per heavy atom. The fourth-order valence-corrected chi connectivity index (χ4v) is 3.22. The van der Waals surface area contributed by atoms with E-state index in [-0.39, 0.29) is 18.2 Å². The molecule has 110 valence electrons. The second-order valence-corrected chi connectivity index (χ2v) is 6.27. The van der Waals surface area contributed by atoms with Crippen molar-refractivity contribution in [2.75, 3.05) is 13.2 Å². The Hall–Kier alpha value is -0.610. The zero-order valence-electron chi connectivity index (χ0n) is 12.5. The lowest BCUT2D eigenvalue weighted by atomic mass is 10.0. The summed E-state index contributed by atoms with van der Waals surface area (Å²) in [7, 11) is 0. The quantitative estimate of drug-likeness (QED) is 0.830. The van der Waals surface area contributed by atoms with E-state index in [0.29, 0.717) is 18.4 Å². The molecular weight excluding hydrogens is 240 g/mol. The molecule has 3 atom stereocenters. The minimum atomic E-state index is 0.0238. The van der Waals surface area contributed by atoms with Gasteiger partial charge in [0.25, 0.3) is 0 Å². The van der Waals surface area contributed by atoms with E-state index in [4.69, 9.17) is 4.74 Å². The summed E-state index contributed by atoms with van der Waals surface area (Å²) < 4.78 is 5.57. The highest BCUT2D eigenvalue weighted by Crippen LogP contribution is 2.25. The Balaban J connectivity index is 2.07. The molecule has 0 bridgehead atoms. The maximum atomic E-state index is 12.6. The minimum Gasteiger partial charge on any atom is -0.379 e. The van der Waals surface area contributed by atoms with E-state index in [2.05, 4.69) is 31.0 Å². The molecule has 0 spiro atoms. The number of nitrogens with one attached hydrogen (secondary N) is 1. The third kappa shape index (κ3) is 3.48. The highest BCUT2D eigenvalue weighted by molar-refractivity contribution is 5.84. The molecule has 0 aliphatic carbocycles. The maximum absolute atomic E-state index is 12.6. The average molecular weight is 268 g/mol. The Morgan fingerprint density at radius 2 is 2.26 bits per heavy atom. The highest BCUT2D eigenvalue weighted by Gasteiger charge is 2.42. The summed E-state index contributed by atoms with van der Waals surface area (Å²) in [6.07, 6.45) is 5.38. The van der Waals surface area contributed by atoms with Crippen molar-refractivity contribution in [1.29, 1.82) is 0 Å². The van der Waals surface area contributed by atoms with Gasteiger partial charge in [0, 0.05) is 6.61 Å². The van der Waals surface area contributed by atoms with Gasteiger partial charge in [-0.15, -0.1) is 0 Å². The lowest BCUT2D eigenvalue weighted by Gasteiger charge is -2.35. The van der Waals surface area contributed by atoms with Gasteiger partial charge in [-0.1, -0.05) is 27.2 Å². The van der Waals surface area contributed by atoms with E-state index in [1.54, 1.807) is 0 Å². The molecule has 2 aliphatic heterocycles. The van der Waals surface area contributed by atoms with Crippen LogP contribution in [0.2, 0.25) is 0 Å². The van der Waals surface area contributed by atoms with Gasteiger partial charge in [0.2, 0.25) is 5.91 Å². The second kappa shape index (κ2) is 6.71. The van der Waals surface area contributed by atoms with Crippen molar-refractivity contribution in [3.8, 4) is 0 Å². The van der Waals surface area contributed by atoms with Gasteiger partial charge in [0.1, 0.15) is 0 Å². The Kier molecular flexibility index (Phi) is 5.22. The van der Waals surface area contributed by atoms with Crippen molar-refractivity contribution < 1.29 is 9.53 Å². The zero-order valence-corrected chi connectivity index (χ0v) is 12.5. The predicted molar refractivity (Wildman–Crippen MR) is 75.8 cm³/mol. The number of ether oxygens (including phenoxy) is 1. The van der Waals surface area contributed by atoms with Crippen LogP contribution in [0.4, 0.5) is 0 Å². The molecule has 0 aromatic rings. The molecule has 0 radical (unpaired) electrons. The van der Waals surface area contributed by atoms with Gasteiger partial charge in [-0.2, -0.15) is 0 Å². The number of hydrogen-bond acceptors (Lipinski definition) is 3. The molecule has 1 amide bonds. The number of carbonyl (C=O) groups excluding carboxylic acids is 1. The van der Waals surface area contributed by atoms with E-state index in [9.17, 15) is 4.79 Å². The molecule has 4 nitrogen and oxygen atoms in total. The van der Waals surface area contributed by atoms with Crippen LogP contribution in [0.1, 0.15) is 52.9 Å². The first-order valence-corrected chi connectivity index (χ1v) is 7.79. The first-order valence-electron chi connectivity index (χ1n) is 7.79. The van der Waals surface area contributed by atoms with E-state index in [1.165, 1.54) is 0 Å². The van der Waals surface area contributed by atoms with Crippen molar-refractivity contribution in [1.82, 2.24) is 10.2 Å². The van der Waals surface area contributed by atoms with Crippen molar-refractivity contribution in [3.63, 3.8) is 0 Å². The molecule has 2 rings (SSSR count). The molecule has 1 N–H and O–H groups in total. The third-order valence-electron chi connectivity index (χ3n) is 4.08. The summed E-state index contributed by atoms with van der Waals surface area (Å²) in [5.74, 6) is 0.890. The van der Waals surface area contributed by atoms with Crippen molar-refractivity contribution >= 4 is 5.91 Å². The van der Waals surface area contributed by atoms with E-state index < -0.39 is 0 Å². The summed E-state index contributed by atoms with van der Waals surface area (Å²) in [4.78, 5) is 14.7. The van der Waals surface area contributed by atoms with Gasteiger partial charge in [-0.3, -0.25) is 10.1 Å². The Labute approximate surface area is 116 Å². The van der Waals surface area contributed by atoms with Crippen molar-refractivity contribution in [3.05, 3.63) is 0 Å². The smallest absolute Gasteiger partial charge is 0.241 e. The van der Waals surface area contributed by atoms with Gasteiger partial charge in [-0.25, -0.2) is 0 Å². The van der Waals surface area contributed by atoms with Crippen LogP contribution in [0.3, 0.4) is 0 Å². The van der Waals surface area contributed by atoms with Crippen molar-refractivity contribution in [2.45, 2.75) is 71.1 Å². The topological polar surface area (TPSA) is 41.6 Å². The zero-order chi connectivity index (χ0) is 13.8. The maximum Gasteiger partial charge on any atom is 0.241 e. The lowest BCUT2D eigenvalue weighted by Crippen LogP contribution is -2.48. The number of hydrogen-bond donors (Lipinski definition) is 1. The van der Waals surface area contributed by atoms with E-state index in [0.717, 1.165) is 38.7 Å². The Morgan fingerprint density at radius 1 is 1.47 bits per heavy atom. The van der Waals surface area contributed by atoms with Crippen LogP contribution < -0.4 is 5.32 Å². The summed E-state index contributed by atoms with van der Waals surface area (Å²) in [5, 5.41) is 3.54. The molecule has 2 fully saturated rings. The SMILES string of the molecule is CCCC1NC(CC(C)C)N(C2CCCOC2)C1=O. The number of nitrogens with zero attached hydrogens (tertiary/aromatic N) is 1. The normalized spacial score (nSPS) is 32.3. The summed E-state index contributed by atoms with van der Waals surface area (Å²) in [5.41, 5.74) is 0. The van der Waals surface area contributed by atoms with Crippen LogP contribution in [-0.4, -0.2) is 42.3 Å². The van der Waals surface area contributed by atoms with E-state index in [1.807, 2.05) is 0 Å². The standard InChI is InChI=1S/C15H28N2O2/c1-4-6-13-15(18)17(12-7-5-8-19-10-12)14(16-13)9-11(2)3/h11-14,16H,4-10H2,1-3H3. The molecule has 4 heteroatoms. The predicted octanol–water partition coefficient (Wildman–Crippen LogP) is 2.14. The summed E-state index contributed by atoms with van der Waals surface area (Å²) in [6.45, 7) is 8.13. The third-order valence-corrected chi connectivity index (χ3v) is 4.08. The number of carbonyl (C=O) groups is 1. The molecule has 0 aromatic carbocycles. The first kappa shape index (κ1) is 14.8. The molecule has 0 saturated carbocycles. The molecule has 2 saturated heterocycles. The molecule has 19 heavy (non-hydrogen) atoms. The van der Waals surface area contributed by atoms with Crippen LogP contribution in [0.25, 0.3) is 0 Å². The summed E-state index contributed by atoms with van der Waals surface area (Å²) >= 11 is 0. The molecule has 2 heterocycles. The molecule has 3 unspecified atom stereocenters. The van der Waals surface area contributed by atoms with Crippen molar-refractivity contribution in [2.24, 2.45) is 5.92 Å². The largest absolute Gasteiger partial charge is 0.379 e. The van der Waals surface area contributed by atoms with Gasteiger partial charge in [-0.05, 0) is 31.6 Å². The van der Waals surface area contributed by atoms with Crippen LogP contribution in [0.15, 0.2) is 0 Å². The van der Waals surface area contributed by atoms with Gasteiger partial charge in [0.15, 0.2) is 0 Å². The second-order valence-electron chi connectivity index (χ2n) is 6.27.